The van der Waals surface area contributed by atoms with Crippen molar-refractivity contribution in [2.75, 3.05) is 26.7 Å². The van der Waals surface area contributed by atoms with Crippen molar-refractivity contribution in [3.8, 4) is 0 Å². The van der Waals surface area contributed by atoms with Crippen LogP contribution in [0.5, 0.6) is 0 Å². The van der Waals surface area contributed by atoms with Gasteiger partial charge in [0.05, 0.1) is 6.61 Å². The van der Waals surface area contributed by atoms with Crippen LogP contribution in [0.1, 0.15) is 11.9 Å². The number of hydrogen-bond acceptors (Lipinski definition) is 4. The van der Waals surface area contributed by atoms with Gasteiger partial charge in [0.25, 0.3) is 5.56 Å². The summed E-state index contributed by atoms with van der Waals surface area (Å²) in [5.41, 5.74) is -0.133. The first-order valence-corrected chi connectivity index (χ1v) is 4.61. The van der Waals surface area contributed by atoms with Crippen LogP contribution < -0.4 is 5.56 Å². The highest BCUT2D eigenvalue weighted by atomic mass is 16.5. The molecule has 2 heterocycles. The Morgan fingerprint density at radius 2 is 2.57 bits per heavy atom. The van der Waals surface area contributed by atoms with Crippen molar-refractivity contribution in [2.45, 2.75) is 6.10 Å². The lowest BCUT2D eigenvalue weighted by molar-refractivity contribution is -0.0256. The van der Waals surface area contributed by atoms with Crippen LogP contribution in [0.15, 0.2) is 17.1 Å². The second-order valence-electron chi connectivity index (χ2n) is 3.44. The second kappa shape index (κ2) is 3.89. The summed E-state index contributed by atoms with van der Waals surface area (Å²) in [4.78, 5) is 20.0. The molecule has 0 aromatic carbocycles. The van der Waals surface area contributed by atoms with E-state index in [9.17, 15) is 4.79 Å². The molecule has 1 unspecified atom stereocenters. The lowest BCUT2D eigenvalue weighted by Gasteiger charge is -2.29. The van der Waals surface area contributed by atoms with E-state index in [2.05, 4.69) is 14.9 Å². The van der Waals surface area contributed by atoms with Gasteiger partial charge in [0.1, 0.15) is 11.9 Å². The highest BCUT2D eigenvalue weighted by Gasteiger charge is 2.20. The average Bonchev–Trinajstić information content (AvgIpc) is 2.18. The molecule has 1 saturated heterocycles. The molecule has 5 nitrogen and oxygen atoms in total. The van der Waals surface area contributed by atoms with Crippen molar-refractivity contribution >= 4 is 0 Å². The fraction of sp³-hybridized carbons (Fsp3) is 0.556. The number of H-pyrrole nitrogens is 1. The minimum Gasteiger partial charge on any atom is -0.368 e. The molecule has 5 heteroatoms. The molecule has 0 bridgehead atoms. The monoisotopic (exact) mass is 195 g/mol. The van der Waals surface area contributed by atoms with Crippen molar-refractivity contribution < 1.29 is 4.74 Å². The third-order valence-electron chi connectivity index (χ3n) is 2.27. The largest absolute Gasteiger partial charge is 0.368 e. The second-order valence-corrected chi connectivity index (χ2v) is 3.44. The number of likely N-dealkylation sites (N-methyl/N-ethyl adjacent to an activating group) is 1. The first-order chi connectivity index (χ1) is 6.75. The predicted molar refractivity (Wildman–Crippen MR) is 51.0 cm³/mol. The molecule has 14 heavy (non-hydrogen) atoms. The summed E-state index contributed by atoms with van der Waals surface area (Å²) in [7, 11) is 2.02. The Morgan fingerprint density at radius 1 is 1.71 bits per heavy atom. The maximum Gasteiger partial charge on any atom is 0.250 e. The van der Waals surface area contributed by atoms with Crippen LogP contribution in [0.3, 0.4) is 0 Å². The van der Waals surface area contributed by atoms with Gasteiger partial charge in [0, 0.05) is 25.4 Å². The SMILES string of the molecule is CN1CCOC(c2nccc(=O)[nH]2)C1. The Bertz CT molecular complexity index is 363. The minimum absolute atomic E-state index is 0.109. The van der Waals surface area contributed by atoms with Crippen LogP contribution in [0.4, 0.5) is 0 Å². The van der Waals surface area contributed by atoms with Crippen molar-refractivity contribution in [3.63, 3.8) is 0 Å². The molecular formula is C9H13N3O2. The van der Waals surface area contributed by atoms with Gasteiger partial charge in [-0.15, -0.1) is 0 Å². The molecule has 0 radical (unpaired) electrons. The third kappa shape index (κ3) is 2.00. The van der Waals surface area contributed by atoms with Gasteiger partial charge in [0.2, 0.25) is 0 Å². The summed E-state index contributed by atoms with van der Waals surface area (Å²) >= 11 is 0. The number of rotatable bonds is 1. The Hall–Kier alpha value is -1.20. The molecule has 1 atom stereocenters. The van der Waals surface area contributed by atoms with Crippen LogP contribution >= 0.6 is 0 Å². The molecule has 0 saturated carbocycles. The number of nitrogens with zero attached hydrogens (tertiary/aromatic N) is 2. The Labute approximate surface area is 81.7 Å². The fourth-order valence-corrected chi connectivity index (χ4v) is 1.49. The quantitative estimate of drug-likeness (QED) is 0.672. The van der Waals surface area contributed by atoms with Crippen molar-refractivity contribution in [1.82, 2.24) is 14.9 Å². The lowest BCUT2D eigenvalue weighted by Crippen LogP contribution is -2.36. The number of aromatic amines is 1. The van der Waals surface area contributed by atoms with Crippen molar-refractivity contribution in [1.29, 1.82) is 0 Å². The van der Waals surface area contributed by atoms with Crippen LogP contribution in [-0.4, -0.2) is 41.6 Å². The molecule has 0 aliphatic carbocycles. The summed E-state index contributed by atoms with van der Waals surface area (Å²) in [5, 5.41) is 0. The lowest BCUT2D eigenvalue weighted by atomic mass is 10.2. The van der Waals surface area contributed by atoms with Crippen LogP contribution in [0.25, 0.3) is 0 Å². The van der Waals surface area contributed by atoms with E-state index in [1.54, 1.807) is 0 Å². The summed E-state index contributed by atoms with van der Waals surface area (Å²) < 4.78 is 5.52. The minimum atomic E-state index is -0.133. The highest BCUT2D eigenvalue weighted by Crippen LogP contribution is 2.16. The fourth-order valence-electron chi connectivity index (χ4n) is 1.49. The first-order valence-electron chi connectivity index (χ1n) is 4.61. The third-order valence-corrected chi connectivity index (χ3v) is 2.27. The number of aromatic nitrogens is 2. The molecule has 1 aliphatic rings. The Kier molecular flexibility index (Phi) is 2.60. The number of morpholine rings is 1. The van der Waals surface area contributed by atoms with E-state index in [1.165, 1.54) is 12.3 Å². The van der Waals surface area contributed by atoms with Crippen LogP contribution in [0, 0.1) is 0 Å². The first kappa shape index (κ1) is 9.36. The topological polar surface area (TPSA) is 58.2 Å². The zero-order chi connectivity index (χ0) is 9.97. The molecule has 0 amide bonds. The van der Waals surface area contributed by atoms with Gasteiger partial charge in [-0.1, -0.05) is 0 Å². The van der Waals surface area contributed by atoms with Gasteiger partial charge in [-0.25, -0.2) is 4.98 Å². The highest BCUT2D eigenvalue weighted by molar-refractivity contribution is 4.95. The Morgan fingerprint density at radius 3 is 3.29 bits per heavy atom. The average molecular weight is 195 g/mol. The molecule has 1 aromatic rings. The Balaban J connectivity index is 2.18. The van der Waals surface area contributed by atoms with Crippen molar-refractivity contribution in [2.24, 2.45) is 0 Å². The van der Waals surface area contributed by atoms with E-state index in [4.69, 9.17) is 4.74 Å². The van der Waals surface area contributed by atoms with E-state index in [0.717, 1.165) is 13.1 Å². The van der Waals surface area contributed by atoms with Gasteiger partial charge in [-0.2, -0.15) is 0 Å². The predicted octanol–water partition coefficient (Wildman–Crippen LogP) is -0.227. The summed E-state index contributed by atoms with van der Waals surface area (Å²) in [5.74, 6) is 0.615. The maximum absolute atomic E-state index is 11.0. The zero-order valence-electron chi connectivity index (χ0n) is 8.06. The molecule has 76 valence electrons. The van der Waals surface area contributed by atoms with E-state index >= 15 is 0 Å². The molecule has 2 rings (SSSR count). The zero-order valence-corrected chi connectivity index (χ0v) is 8.06. The molecule has 0 spiro atoms. The maximum atomic E-state index is 11.0. The van der Waals surface area contributed by atoms with E-state index in [1.807, 2.05) is 7.05 Å². The summed E-state index contributed by atoms with van der Waals surface area (Å²) in [6.45, 7) is 2.38. The van der Waals surface area contributed by atoms with Gasteiger partial charge in [0.15, 0.2) is 0 Å². The molecule has 1 fully saturated rings. The molecule has 1 aromatic heterocycles. The number of hydrogen-bond donors (Lipinski definition) is 1. The van der Waals surface area contributed by atoms with Crippen LogP contribution in [-0.2, 0) is 4.74 Å². The van der Waals surface area contributed by atoms with Crippen LogP contribution in [0.2, 0.25) is 0 Å². The molecule has 1 N–H and O–H groups in total. The van der Waals surface area contributed by atoms with Crippen molar-refractivity contribution in [3.05, 3.63) is 28.4 Å². The smallest absolute Gasteiger partial charge is 0.250 e. The normalized spacial score (nSPS) is 23.6. The van der Waals surface area contributed by atoms with Gasteiger partial charge in [-0.05, 0) is 7.05 Å². The van der Waals surface area contributed by atoms with Gasteiger partial charge in [-0.3, -0.25) is 4.79 Å². The van der Waals surface area contributed by atoms with E-state index < -0.39 is 0 Å². The molecule has 1 aliphatic heterocycles. The van der Waals surface area contributed by atoms with Gasteiger partial charge >= 0.3 is 0 Å². The summed E-state index contributed by atoms with van der Waals surface area (Å²) in [6, 6.07) is 1.40. The van der Waals surface area contributed by atoms with E-state index in [0.29, 0.717) is 12.4 Å². The van der Waals surface area contributed by atoms with E-state index in [-0.39, 0.29) is 11.7 Å². The number of ether oxygens (including phenoxy) is 1. The van der Waals surface area contributed by atoms with Gasteiger partial charge < -0.3 is 14.6 Å². The molecular weight excluding hydrogens is 182 g/mol. The standard InChI is InChI=1S/C9H13N3O2/c1-12-4-5-14-7(6-12)9-10-3-2-8(13)11-9/h2-3,7H,4-6H2,1H3,(H,10,11,13). The number of nitrogens with one attached hydrogen (secondary N) is 1. The summed E-state index contributed by atoms with van der Waals surface area (Å²) in [6.07, 6.45) is 1.40.